The highest BCUT2D eigenvalue weighted by Gasteiger charge is 2.61. The van der Waals surface area contributed by atoms with E-state index in [-0.39, 0.29) is 119 Å². The third-order valence-electron chi connectivity index (χ3n) is 31.0. The van der Waals surface area contributed by atoms with Gasteiger partial charge in [-0.3, -0.25) is 48.1 Å². The van der Waals surface area contributed by atoms with Gasteiger partial charge in [0.25, 0.3) is 11.8 Å². The number of aromatic carboxylic acids is 1. The lowest BCUT2D eigenvalue weighted by Crippen LogP contribution is -2.62. The van der Waals surface area contributed by atoms with Crippen LogP contribution < -0.4 is 26.6 Å². The number of amides is 5. The van der Waals surface area contributed by atoms with Gasteiger partial charge in [-0.25, -0.2) is 4.79 Å². The quantitative estimate of drug-likeness (QED) is 0.0186. The van der Waals surface area contributed by atoms with Gasteiger partial charge >= 0.3 is 17.9 Å². The summed E-state index contributed by atoms with van der Waals surface area (Å²) >= 11 is 0. The molecule has 3 saturated heterocycles. The number of aliphatic hydroxyl groups excluding tert-OH is 6. The topological polar surface area (TPSA) is 394 Å². The number of esters is 2. The maximum Gasteiger partial charge on any atom is 0.335 e. The number of carboxylic acids is 1. The summed E-state index contributed by atoms with van der Waals surface area (Å²) in [5.74, 6) is -0.122. The molecule has 0 unspecified atom stereocenters. The summed E-state index contributed by atoms with van der Waals surface area (Å²) in [7, 11) is 2.62. The van der Waals surface area contributed by atoms with E-state index in [0.717, 1.165) is 69.3 Å². The Bertz CT molecular complexity index is 4770. The number of aliphatic hydroxyl groups is 6. The minimum atomic E-state index is -0.986. The molecule has 18 rings (SSSR count). The van der Waals surface area contributed by atoms with E-state index >= 15 is 0 Å². The van der Waals surface area contributed by atoms with E-state index in [1.165, 1.54) is 33.5 Å². The summed E-state index contributed by atoms with van der Waals surface area (Å²) in [6.45, 7) is 25.8. The Kier molecular flexibility index (Phi) is 31.0. The van der Waals surface area contributed by atoms with E-state index in [0.29, 0.717) is 80.6 Å². The first-order valence-corrected chi connectivity index (χ1v) is 46.0. The van der Waals surface area contributed by atoms with Crippen molar-refractivity contribution in [3.05, 3.63) is 179 Å². The maximum atomic E-state index is 13.9. The summed E-state index contributed by atoms with van der Waals surface area (Å²) in [4.78, 5) is 120. The van der Waals surface area contributed by atoms with Gasteiger partial charge in [0.2, 0.25) is 17.7 Å². The van der Waals surface area contributed by atoms with Crippen molar-refractivity contribution in [2.45, 2.75) is 227 Å². The minimum absolute atomic E-state index is 0.0622. The number of carbonyl (C=O) groups excluding carboxylic acids is 7. The van der Waals surface area contributed by atoms with Crippen molar-refractivity contribution < 1.29 is 98.1 Å². The summed E-state index contributed by atoms with van der Waals surface area (Å²) in [5, 5.41) is 92.0. The SMILES string of the molecule is COC(=O)CCNC(=O)c1cccc(-c2cccc(CN3O[C@@H](CO)[C@@H]([C@H](C)O)[C@H]3C(=O)N[C@H]3C[C@H]4C[C@@H]([C@@H]3C)C4(C)C)c2)c1.COC(=O)CCNC(=O)c1cccc(-c2cccc(CN3O[C@@H](CO)[C@@H]([C@H](C)O)[C@H]3C(=O)N[C@H]3C[C@H]4C[C@@H]([C@@H]3C)C4(C)C)c2)c1.C[C@@H]1[C@@H](NC(=O)[C@@H]2[C@H]([C@H](C)O)[C@H](CO)ON2Cc2cccc(-c3cccc(C(=O)O)c3)c2)C[C@H]2C[C@@H]1C2(C)C. The monoisotopic (exact) mass is 1780 g/mol. The van der Waals surface area contributed by atoms with Crippen LogP contribution in [0.4, 0.5) is 0 Å². The zero-order chi connectivity index (χ0) is 93.0. The van der Waals surface area contributed by atoms with E-state index in [1.807, 2.05) is 91.0 Å². The minimum Gasteiger partial charge on any atom is -0.478 e. The fourth-order valence-corrected chi connectivity index (χ4v) is 23.0. The molecule has 129 heavy (non-hydrogen) atoms. The van der Waals surface area contributed by atoms with Gasteiger partial charge in [0, 0.05) is 60.1 Å². The molecule has 6 bridgehead atoms. The van der Waals surface area contributed by atoms with Crippen LogP contribution in [0, 0.1) is 87.3 Å². The molecule has 28 nitrogen and oxygen atoms in total. The number of carbonyl (C=O) groups is 8. The Balaban J connectivity index is 0.000000166. The molecule has 6 aromatic carbocycles. The zero-order valence-corrected chi connectivity index (χ0v) is 76.8. The third-order valence-corrected chi connectivity index (χ3v) is 31.0. The van der Waals surface area contributed by atoms with Crippen LogP contribution in [0.15, 0.2) is 146 Å². The Hall–Kier alpha value is -9.40. The van der Waals surface area contributed by atoms with Gasteiger partial charge in [-0.1, -0.05) is 153 Å². The van der Waals surface area contributed by atoms with Crippen LogP contribution in [-0.4, -0.2) is 218 Å². The molecule has 5 amide bonds. The number of hydrogen-bond donors (Lipinski definition) is 12. The van der Waals surface area contributed by atoms with E-state index < -0.39 is 90.4 Å². The molecule has 698 valence electrons. The average Bonchev–Trinajstić information content (AvgIpc) is 1.26. The molecule has 3 heterocycles. The van der Waals surface area contributed by atoms with Crippen molar-refractivity contribution >= 4 is 47.4 Å². The summed E-state index contributed by atoms with van der Waals surface area (Å²) < 4.78 is 9.25. The first-order valence-electron chi connectivity index (χ1n) is 46.0. The van der Waals surface area contributed by atoms with Crippen LogP contribution in [0.3, 0.4) is 0 Å². The average molecular weight is 1780 g/mol. The van der Waals surface area contributed by atoms with Crippen molar-refractivity contribution in [2.24, 2.45) is 87.3 Å². The number of hydroxylamine groups is 6. The smallest absolute Gasteiger partial charge is 0.335 e. The Morgan fingerprint density at radius 1 is 0.403 bits per heavy atom. The van der Waals surface area contributed by atoms with Gasteiger partial charge in [0.15, 0.2) is 0 Å². The van der Waals surface area contributed by atoms with Gasteiger partial charge in [-0.15, -0.1) is 0 Å². The number of methoxy groups -OCH3 is 2. The van der Waals surface area contributed by atoms with Crippen LogP contribution in [0.1, 0.15) is 182 Å². The van der Waals surface area contributed by atoms with Crippen LogP contribution in [0.5, 0.6) is 0 Å². The molecule has 6 aromatic rings. The largest absolute Gasteiger partial charge is 0.478 e. The van der Waals surface area contributed by atoms with Gasteiger partial charge in [0.05, 0.1) is 90.4 Å². The van der Waals surface area contributed by atoms with Crippen molar-refractivity contribution in [1.82, 2.24) is 41.8 Å². The molecule has 24 atom stereocenters. The van der Waals surface area contributed by atoms with E-state index in [9.17, 15) is 74.1 Å². The third kappa shape index (κ3) is 21.1. The highest BCUT2D eigenvalue weighted by atomic mass is 16.7. The highest BCUT2D eigenvalue weighted by molar-refractivity contribution is 5.97. The zero-order valence-electron chi connectivity index (χ0n) is 76.8. The van der Waals surface area contributed by atoms with Crippen molar-refractivity contribution in [3.63, 3.8) is 0 Å². The molecule has 9 saturated carbocycles. The van der Waals surface area contributed by atoms with Gasteiger partial charge in [0.1, 0.15) is 36.4 Å². The Labute approximate surface area is 757 Å². The number of ether oxygens (including phenoxy) is 2. The van der Waals surface area contributed by atoms with Gasteiger partial charge < -0.3 is 71.8 Å². The lowest BCUT2D eigenvalue weighted by atomic mass is 9.45. The number of rotatable bonds is 30. The summed E-state index contributed by atoms with van der Waals surface area (Å²) in [6, 6.07) is 42.3. The van der Waals surface area contributed by atoms with Crippen LogP contribution in [0.2, 0.25) is 0 Å². The highest BCUT2D eigenvalue weighted by Crippen LogP contribution is 2.64. The molecule has 0 radical (unpaired) electrons. The second-order valence-electron chi connectivity index (χ2n) is 39.5. The second-order valence-corrected chi connectivity index (χ2v) is 39.5. The van der Waals surface area contributed by atoms with E-state index in [1.54, 1.807) is 90.6 Å². The van der Waals surface area contributed by atoms with E-state index in [4.69, 9.17) is 14.5 Å². The van der Waals surface area contributed by atoms with Crippen molar-refractivity contribution in [3.8, 4) is 33.4 Å². The van der Waals surface area contributed by atoms with Gasteiger partial charge in [-0.2, -0.15) is 15.2 Å². The fraction of sp³-hybridized carbons (Fsp3) is 0.564. The van der Waals surface area contributed by atoms with E-state index in [2.05, 4.69) is 98.4 Å². The van der Waals surface area contributed by atoms with Crippen molar-refractivity contribution in [2.75, 3.05) is 47.1 Å². The molecule has 3 aliphatic heterocycles. The predicted octanol–water partition coefficient (Wildman–Crippen LogP) is 10.3. The molecule has 0 aromatic heterocycles. The number of benzene rings is 6. The molecule has 0 spiro atoms. The Morgan fingerprint density at radius 2 is 0.667 bits per heavy atom. The van der Waals surface area contributed by atoms with Crippen LogP contribution in [-0.2, 0) is 67.6 Å². The Morgan fingerprint density at radius 3 is 0.915 bits per heavy atom. The van der Waals surface area contributed by atoms with Gasteiger partial charge in [-0.05, 0) is 233 Å². The lowest BCUT2D eigenvalue weighted by Gasteiger charge is -2.62. The number of nitrogens with one attached hydrogen (secondary N) is 5. The molecular weight excluding hydrogens is 1650 g/mol. The molecule has 12 fully saturated rings. The first kappa shape index (κ1) is 97.1. The second kappa shape index (κ2) is 41.2. The van der Waals surface area contributed by atoms with Crippen LogP contribution in [0.25, 0.3) is 33.4 Å². The fourth-order valence-electron chi connectivity index (χ4n) is 23.0. The number of nitrogens with zero attached hydrogens (tertiary/aromatic N) is 3. The molecule has 9 aliphatic carbocycles. The standard InChI is InChI=1S/2C35H47N3O7.C31H40N2O6/c2*1-20-27-16-26(35(27,3)4)17-28(20)37-34(43)32-31(21(2)40)29(19-39)45-38(32)18-22-8-6-9-23(14-22)24-10-7-11-25(15-24)33(42)36-13-12-30(41)44-5;1-17-24-13-23(31(24,3)4)14-25(17)32-29(36)28-27(18(2)35)26(16-34)39-33(28)15-19-7-5-8-20(11-19)21-9-6-10-22(12-21)30(37)38/h2*6-11,14-15,20-21,26-29,31-32,39-40H,12-13,16-19H2,1-5H3,(H,36,42)(H,37,43);5-12,17-18,23-28,34-35H,13-16H2,1-4H3,(H,32,36)(H,37,38)/t2*20-,21-,26+,27-,28-,29-,31+,32-;17-,18-,23+,24-,25-,26-,27+,28-/m000/s1. The summed E-state index contributed by atoms with van der Waals surface area (Å²) in [6.07, 6.45) is 1.93. The van der Waals surface area contributed by atoms with Crippen LogP contribution >= 0.6 is 0 Å². The maximum absolute atomic E-state index is 13.9. The number of hydrogen-bond acceptors (Lipinski definition) is 22. The molecule has 12 N–H and O–H groups in total. The number of fused-ring (bicyclic) bond motifs is 6. The number of carboxylic acid groups (broad SMARTS) is 1. The predicted molar refractivity (Wildman–Crippen MR) is 483 cm³/mol. The first-order chi connectivity index (χ1) is 61.4. The molecular formula is C101H134N8O20. The normalized spacial score (nSPS) is 30.2. The lowest BCUT2D eigenvalue weighted by molar-refractivity contribution is -0.183. The van der Waals surface area contributed by atoms with Crippen molar-refractivity contribution in [1.29, 1.82) is 0 Å². The molecule has 12 aliphatic rings. The molecule has 28 heteroatoms. The summed E-state index contributed by atoms with van der Waals surface area (Å²) in [5.41, 5.74) is 9.68.